The Balaban J connectivity index is 1.74. The van der Waals surface area contributed by atoms with Crippen molar-refractivity contribution in [3.63, 3.8) is 0 Å². The van der Waals surface area contributed by atoms with E-state index in [2.05, 4.69) is 0 Å². The van der Waals surface area contributed by atoms with Crippen LogP contribution in [-0.2, 0) is 6.54 Å². The van der Waals surface area contributed by atoms with Crippen molar-refractivity contribution in [1.29, 1.82) is 0 Å². The van der Waals surface area contributed by atoms with Crippen molar-refractivity contribution >= 4 is 23.4 Å². The number of thioether (sulfide) groups is 1. The lowest BCUT2D eigenvalue weighted by Crippen LogP contribution is -2.01. The van der Waals surface area contributed by atoms with E-state index < -0.39 is 0 Å². The molecule has 0 amide bonds. The molecule has 0 radical (unpaired) electrons. The molecule has 19 heavy (non-hydrogen) atoms. The summed E-state index contributed by atoms with van der Waals surface area (Å²) in [5, 5.41) is 0.767. The maximum Gasteiger partial charge on any atom is 0.119 e. The number of hydrogen-bond donors (Lipinski definition) is 1. The summed E-state index contributed by atoms with van der Waals surface area (Å²) in [6, 6.07) is 15.7. The van der Waals surface area contributed by atoms with Gasteiger partial charge >= 0.3 is 0 Å². The summed E-state index contributed by atoms with van der Waals surface area (Å²) in [5.74, 6) is 1.77. The van der Waals surface area contributed by atoms with Crippen molar-refractivity contribution in [2.45, 2.75) is 11.4 Å². The van der Waals surface area contributed by atoms with E-state index in [-0.39, 0.29) is 0 Å². The van der Waals surface area contributed by atoms with Gasteiger partial charge in [-0.2, -0.15) is 0 Å². The van der Waals surface area contributed by atoms with E-state index >= 15 is 0 Å². The van der Waals surface area contributed by atoms with E-state index in [0.29, 0.717) is 13.2 Å². The van der Waals surface area contributed by atoms with Gasteiger partial charge in [0.15, 0.2) is 0 Å². The topological polar surface area (TPSA) is 35.2 Å². The molecule has 0 aromatic heterocycles. The van der Waals surface area contributed by atoms with Gasteiger partial charge in [0.2, 0.25) is 0 Å². The average Bonchev–Trinajstić information content (AvgIpc) is 2.44. The first-order chi connectivity index (χ1) is 9.28. The average molecular weight is 294 g/mol. The van der Waals surface area contributed by atoms with Crippen LogP contribution in [0.15, 0.2) is 53.4 Å². The Bertz CT molecular complexity index is 516. The predicted molar refractivity (Wildman–Crippen MR) is 82.0 cm³/mol. The van der Waals surface area contributed by atoms with Gasteiger partial charge in [-0.05, 0) is 35.9 Å². The molecule has 100 valence electrons. The summed E-state index contributed by atoms with van der Waals surface area (Å²) in [6.45, 7) is 1.23. The van der Waals surface area contributed by atoms with Gasteiger partial charge in [0.25, 0.3) is 0 Å². The smallest absolute Gasteiger partial charge is 0.119 e. The standard InChI is InChI=1S/C15H16ClNOS/c16-13-2-1-3-15(10-13)19-9-8-18-14-6-4-12(11-17)5-7-14/h1-7,10H,8-9,11,17H2. The van der Waals surface area contributed by atoms with Gasteiger partial charge in [0, 0.05) is 22.2 Å². The Morgan fingerprint density at radius 3 is 2.58 bits per heavy atom. The second kappa shape index (κ2) is 7.43. The van der Waals surface area contributed by atoms with Crippen LogP contribution in [-0.4, -0.2) is 12.4 Å². The first-order valence-corrected chi connectivity index (χ1v) is 7.44. The van der Waals surface area contributed by atoms with Crippen molar-refractivity contribution in [3.05, 3.63) is 59.1 Å². The summed E-state index contributed by atoms with van der Waals surface area (Å²) < 4.78 is 5.66. The van der Waals surface area contributed by atoms with Crippen LogP contribution in [0.5, 0.6) is 5.75 Å². The predicted octanol–water partition coefficient (Wildman–Crippen LogP) is 3.97. The molecule has 2 N–H and O–H groups in total. The molecule has 2 rings (SSSR count). The van der Waals surface area contributed by atoms with Crippen LogP contribution in [0.4, 0.5) is 0 Å². The van der Waals surface area contributed by atoms with Crippen LogP contribution >= 0.6 is 23.4 Å². The van der Waals surface area contributed by atoms with Crippen LogP contribution in [0.1, 0.15) is 5.56 Å². The molecule has 0 aliphatic rings. The van der Waals surface area contributed by atoms with Gasteiger partial charge in [0.05, 0.1) is 6.61 Å². The third-order valence-electron chi connectivity index (χ3n) is 2.58. The highest BCUT2D eigenvalue weighted by atomic mass is 35.5. The highest BCUT2D eigenvalue weighted by Gasteiger charge is 1.97. The molecule has 0 saturated carbocycles. The maximum absolute atomic E-state index is 5.93. The van der Waals surface area contributed by atoms with Crippen LogP contribution in [0.25, 0.3) is 0 Å². The minimum absolute atomic E-state index is 0.560. The number of nitrogens with two attached hydrogens (primary N) is 1. The van der Waals surface area contributed by atoms with Gasteiger partial charge in [-0.1, -0.05) is 29.8 Å². The highest BCUT2D eigenvalue weighted by Crippen LogP contribution is 2.21. The number of hydrogen-bond acceptors (Lipinski definition) is 3. The van der Waals surface area contributed by atoms with E-state index in [9.17, 15) is 0 Å². The fourth-order valence-corrected chi connectivity index (χ4v) is 2.64. The molecule has 0 aliphatic carbocycles. The zero-order valence-electron chi connectivity index (χ0n) is 10.5. The largest absolute Gasteiger partial charge is 0.493 e. The fraction of sp³-hybridized carbons (Fsp3) is 0.200. The normalized spacial score (nSPS) is 10.4. The second-order valence-corrected chi connectivity index (χ2v) is 5.61. The second-order valence-electron chi connectivity index (χ2n) is 4.00. The first kappa shape index (κ1) is 14.3. The molecule has 2 nitrogen and oxygen atoms in total. The SMILES string of the molecule is NCc1ccc(OCCSc2cccc(Cl)c2)cc1. The van der Waals surface area contributed by atoms with E-state index in [1.807, 2.05) is 48.5 Å². The van der Waals surface area contributed by atoms with Crippen LogP contribution < -0.4 is 10.5 Å². The minimum Gasteiger partial charge on any atom is -0.493 e. The summed E-state index contributed by atoms with van der Waals surface area (Å²) in [7, 11) is 0. The summed E-state index contributed by atoms with van der Waals surface area (Å²) in [6.07, 6.45) is 0. The van der Waals surface area contributed by atoms with E-state index in [0.717, 1.165) is 27.0 Å². The Labute approximate surface area is 122 Å². The number of benzene rings is 2. The maximum atomic E-state index is 5.93. The van der Waals surface area contributed by atoms with Crippen LogP contribution in [0.2, 0.25) is 5.02 Å². The lowest BCUT2D eigenvalue weighted by Gasteiger charge is -2.07. The van der Waals surface area contributed by atoms with Crippen molar-refractivity contribution < 1.29 is 4.74 Å². The molecule has 0 bridgehead atoms. The van der Waals surface area contributed by atoms with Gasteiger partial charge in [-0.3, -0.25) is 0 Å². The number of halogens is 1. The van der Waals surface area contributed by atoms with Crippen LogP contribution in [0, 0.1) is 0 Å². The van der Waals surface area contributed by atoms with E-state index in [1.165, 1.54) is 0 Å². The zero-order valence-corrected chi connectivity index (χ0v) is 12.1. The minimum atomic E-state index is 0.560. The molecule has 0 saturated heterocycles. The Hall–Kier alpha value is -1.16. The third-order valence-corrected chi connectivity index (χ3v) is 3.77. The molecule has 0 spiro atoms. The Morgan fingerprint density at radius 1 is 1.11 bits per heavy atom. The highest BCUT2D eigenvalue weighted by molar-refractivity contribution is 7.99. The summed E-state index contributed by atoms with van der Waals surface area (Å²) in [5.41, 5.74) is 6.65. The molecule has 0 aliphatic heterocycles. The number of ether oxygens (including phenoxy) is 1. The van der Waals surface area contributed by atoms with Gasteiger partial charge in [0.1, 0.15) is 5.75 Å². The fourth-order valence-electron chi connectivity index (χ4n) is 1.60. The molecule has 0 fully saturated rings. The molecule has 0 atom stereocenters. The molecule has 2 aromatic carbocycles. The molecule has 0 heterocycles. The van der Waals surface area contributed by atoms with Crippen molar-refractivity contribution in [2.24, 2.45) is 5.73 Å². The molecular weight excluding hydrogens is 278 g/mol. The Kier molecular flexibility index (Phi) is 5.58. The lowest BCUT2D eigenvalue weighted by molar-refractivity contribution is 0.344. The third kappa shape index (κ3) is 4.78. The van der Waals surface area contributed by atoms with Gasteiger partial charge in [-0.25, -0.2) is 0 Å². The number of rotatable bonds is 6. The molecule has 0 unspecified atom stereocenters. The van der Waals surface area contributed by atoms with Gasteiger partial charge in [-0.15, -0.1) is 11.8 Å². The van der Waals surface area contributed by atoms with Crippen molar-refractivity contribution in [2.75, 3.05) is 12.4 Å². The van der Waals surface area contributed by atoms with Gasteiger partial charge < -0.3 is 10.5 Å². The summed E-state index contributed by atoms with van der Waals surface area (Å²) in [4.78, 5) is 1.16. The zero-order chi connectivity index (χ0) is 13.5. The van der Waals surface area contributed by atoms with Crippen LogP contribution in [0.3, 0.4) is 0 Å². The monoisotopic (exact) mass is 293 g/mol. The van der Waals surface area contributed by atoms with E-state index in [4.69, 9.17) is 22.1 Å². The molecule has 2 aromatic rings. The Morgan fingerprint density at radius 2 is 1.89 bits per heavy atom. The first-order valence-electron chi connectivity index (χ1n) is 6.08. The summed E-state index contributed by atoms with van der Waals surface area (Å²) >= 11 is 7.66. The lowest BCUT2D eigenvalue weighted by atomic mass is 10.2. The molecular formula is C15H16ClNOS. The van der Waals surface area contributed by atoms with Crippen molar-refractivity contribution in [1.82, 2.24) is 0 Å². The van der Waals surface area contributed by atoms with E-state index in [1.54, 1.807) is 11.8 Å². The van der Waals surface area contributed by atoms with Crippen molar-refractivity contribution in [3.8, 4) is 5.75 Å². The molecule has 4 heteroatoms. The quantitative estimate of drug-likeness (QED) is 0.646.